The molecular formula is C12H18N2O. The van der Waals surface area contributed by atoms with Crippen molar-refractivity contribution in [2.24, 2.45) is 5.41 Å². The van der Waals surface area contributed by atoms with E-state index in [0.717, 1.165) is 17.8 Å². The largest absolute Gasteiger partial charge is 0.397 e. The maximum atomic E-state index is 9.62. The molecule has 2 rings (SSSR count). The molecule has 0 radical (unpaired) electrons. The fraction of sp³-hybridized carbons (Fsp3) is 0.500. The number of nitrogens with two attached hydrogens (primary N) is 1. The molecule has 82 valence electrons. The first-order chi connectivity index (χ1) is 7.01. The van der Waals surface area contributed by atoms with Gasteiger partial charge in [0.05, 0.1) is 17.5 Å². The van der Waals surface area contributed by atoms with Gasteiger partial charge in [0, 0.05) is 11.5 Å². The Hall–Kier alpha value is -1.22. The Balaban J connectivity index is 2.08. The molecule has 1 fully saturated rings. The van der Waals surface area contributed by atoms with Crippen LogP contribution in [0.25, 0.3) is 0 Å². The van der Waals surface area contributed by atoms with Crippen LogP contribution < -0.4 is 11.1 Å². The van der Waals surface area contributed by atoms with E-state index in [2.05, 4.69) is 19.2 Å². The molecule has 1 aliphatic rings. The first-order valence-electron chi connectivity index (χ1n) is 5.31. The number of hydrogen-bond donors (Lipinski definition) is 3. The smallest absolute Gasteiger partial charge is 0.0630 e. The van der Waals surface area contributed by atoms with Crippen LogP contribution in [-0.2, 0) is 0 Å². The maximum absolute atomic E-state index is 9.62. The molecule has 2 atom stereocenters. The van der Waals surface area contributed by atoms with Gasteiger partial charge in [-0.2, -0.15) is 0 Å². The molecule has 0 aliphatic heterocycles. The molecule has 15 heavy (non-hydrogen) atoms. The molecule has 0 heterocycles. The van der Waals surface area contributed by atoms with Crippen LogP contribution in [0.2, 0.25) is 0 Å². The third-order valence-corrected chi connectivity index (χ3v) is 3.51. The summed E-state index contributed by atoms with van der Waals surface area (Å²) in [4.78, 5) is 0. The minimum absolute atomic E-state index is 0.0672. The molecule has 1 saturated carbocycles. The predicted molar refractivity (Wildman–Crippen MR) is 62.7 cm³/mol. The van der Waals surface area contributed by atoms with Crippen molar-refractivity contribution < 1.29 is 5.11 Å². The second kappa shape index (κ2) is 3.42. The Kier molecular flexibility index (Phi) is 2.35. The summed E-state index contributed by atoms with van der Waals surface area (Å²) in [7, 11) is 0. The first kappa shape index (κ1) is 10.3. The van der Waals surface area contributed by atoms with E-state index in [4.69, 9.17) is 5.73 Å². The van der Waals surface area contributed by atoms with Gasteiger partial charge in [-0.05, 0) is 18.6 Å². The standard InChI is InChI=1S/C12H18N2O/c1-12(2)10(7-11(12)15)14-9-6-4-3-5-8(9)13/h3-6,10-11,14-15H,7,13H2,1-2H3. The molecule has 3 nitrogen and oxygen atoms in total. The van der Waals surface area contributed by atoms with E-state index in [9.17, 15) is 5.11 Å². The summed E-state index contributed by atoms with van der Waals surface area (Å²) in [5.41, 5.74) is 7.50. The highest BCUT2D eigenvalue weighted by Crippen LogP contribution is 2.42. The van der Waals surface area contributed by atoms with Gasteiger partial charge in [0.2, 0.25) is 0 Å². The van der Waals surface area contributed by atoms with Gasteiger partial charge in [0.1, 0.15) is 0 Å². The second-order valence-electron chi connectivity index (χ2n) is 4.86. The zero-order valence-electron chi connectivity index (χ0n) is 9.20. The summed E-state index contributed by atoms with van der Waals surface area (Å²) >= 11 is 0. The van der Waals surface area contributed by atoms with Gasteiger partial charge in [-0.1, -0.05) is 26.0 Å². The fourth-order valence-corrected chi connectivity index (χ4v) is 1.96. The Labute approximate surface area is 90.3 Å². The van der Waals surface area contributed by atoms with E-state index in [0.29, 0.717) is 6.04 Å². The molecule has 0 saturated heterocycles. The van der Waals surface area contributed by atoms with Crippen molar-refractivity contribution >= 4 is 11.4 Å². The van der Waals surface area contributed by atoms with E-state index in [1.807, 2.05) is 24.3 Å². The summed E-state index contributed by atoms with van der Waals surface area (Å²) in [5.74, 6) is 0. The lowest BCUT2D eigenvalue weighted by Crippen LogP contribution is -2.56. The molecule has 1 aliphatic carbocycles. The summed E-state index contributed by atoms with van der Waals surface area (Å²) < 4.78 is 0. The van der Waals surface area contributed by atoms with Crippen LogP contribution in [0.3, 0.4) is 0 Å². The maximum Gasteiger partial charge on any atom is 0.0630 e. The number of nitrogens with one attached hydrogen (secondary N) is 1. The normalized spacial score (nSPS) is 28.2. The molecule has 0 aromatic heterocycles. The summed E-state index contributed by atoms with van der Waals surface area (Å²) in [5, 5.41) is 13.0. The van der Waals surface area contributed by atoms with Crippen molar-refractivity contribution in [2.75, 3.05) is 11.1 Å². The average Bonchev–Trinajstić information content (AvgIpc) is 2.20. The van der Waals surface area contributed by atoms with E-state index < -0.39 is 0 Å². The van der Waals surface area contributed by atoms with Gasteiger partial charge in [-0.3, -0.25) is 0 Å². The predicted octanol–water partition coefficient (Wildman–Crippen LogP) is 1.84. The van der Waals surface area contributed by atoms with Crippen LogP contribution in [0.15, 0.2) is 24.3 Å². The van der Waals surface area contributed by atoms with Crippen molar-refractivity contribution in [1.29, 1.82) is 0 Å². The van der Waals surface area contributed by atoms with E-state index >= 15 is 0 Å². The number of anilines is 2. The fourth-order valence-electron chi connectivity index (χ4n) is 1.96. The minimum Gasteiger partial charge on any atom is -0.397 e. The molecule has 0 amide bonds. The third kappa shape index (κ3) is 1.67. The third-order valence-electron chi connectivity index (χ3n) is 3.51. The topological polar surface area (TPSA) is 58.3 Å². The van der Waals surface area contributed by atoms with Crippen molar-refractivity contribution in [3.63, 3.8) is 0 Å². The Morgan fingerprint density at radius 2 is 2.07 bits per heavy atom. The number of nitrogen functional groups attached to an aromatic ring is 1. The lowest BCUT2D eigenvalue weighted by Gasteiger charge is -2.50. The Morgan fingerprint density at radius 1 is 1.40 bits per heavy atom. The second-order valence-corrected chi connectivity index (χ2v) is 4.86. The molecule has 3 heteroatoms. The molecule has 2 unspecified atom stereocenters. The van der Waals surface area contributed by atoms with E-state index in [1.165, 1.54) is 0 Å². The number of para-hydroxylation sites is 2. The SMILES string of the molecule is CC1(C)C(O)CC1Nc1ccccc1N. The van der Waals surface area contributed by atoms with Crippen LogP contribution in [-0.4, -0.2) is 17.3 Å². The van der Waals surface area contributed by atoms with Crippen LogP contribution in [0.1, 0.15) is 20.3 Å². The zero-order valence-corrected chi connectivity index (χ0v) is 9.20. The lowest BCUT2D eigenvalue weighted by molar-refractivity contribution is -0.0510. The molecule has 0 bridgehead atoms. The first-order valence-corrected chi connectivity index (χ1v) is 5.31. The van der Waals surface area contributed by atoms with Gasteiger partial charge >= 0.3 is 0 Å². The van der Waals surface area contributed by atoms with Gasteiger partial charge < -0.3 is 16.2 Å². The van der Waals surface area contributed by atoms with Crippen LogP contribution in [0, 0.1) is 5.41 Å². The summed E-state index contributed by atoms with van der Waals surface area (Å²) in [6, 6.07) is 8.03. The summed E-state index contributed by atoms with van der Waals surface area (Å²) in [6.07, 6.45) is 0.585. The number of rotatable bonds is 2. The van der Waals surface area contributed by atoms with Crippen LogP contribution in [0.5, 0.6) is 0 Å². The van der Waals surface area contributed by atoms with E-state index in [-0.39, 0.29) is 11.5 Å². The van der Waals surface area contributed by atoms with Crippen molar-refractivity contribution in [3.8, 4) is 0 Å². The number of aliphatic hydroxyl groups is 1. The quantitative estimate of drug-likeness (QED) is 0.647. The highest BCUT2D eigenvalue weighted by Gasteiger charge is 2.47. The highest BCUT2D eigenvalue weighted by atomic mass is 16.3. The number of hydrogen-bond acceptors (Lipinski definition) is 3. The van der Waals surface area contributed by atoms with Crippen molar-refractivity contribution in [2.45, 2.75) is 32.4 Å². The van der Waals surface area contributed by atoms with Gasteiger partial charge in [0.25, 0.3) is 0 Å². The minimum atomic E-state index is -0.208. The molecule has 4 N–H and O–H groups in total. The number of aliphatic hydroxyl groups excluding tert-OH is 1. The molecule has 1 aromatic rings. The van der Waals surface area contributed by atoms with Gasteiger partial charge in [-0.25, -0.2) is 0 Å². The van der Waals surface area contributed by atoms with Crippen molar-refractivity contribution in [3.05, 3.63) is 24.3 Å². The highest BCUT2D eigenvalue weighted by molar-refractivity contribution is 5.66. The van der Waals surface area contributed by atoms with Gasteiger partial charge in [-0.15, -0.1) is 0 Å². The molecule has 1 aromatic carbocycles. The number of benzene rings is 1. The summed E-state index contributed by atoms with van der Waals surface area (Å²) in [6.45, 7) is 4.13. The zero-order chi connectivity index (χ0) is 11.1. The van der Waals surface area contributed by atoms with E-state index in [1.54, 1.807) is 0 Å². The lowest BCUT2D eigenvalue weighted by atomic mass is 9.64. The Bertz CT molecular complexity index is 362. The monoisotopic (exact) mass is 206 g/mol. The molecule has 0 spiro atoms. The van der Waals surface area contributed by atoms with Gasteiger partial charge in [0.15, 0.2) is 0 Å². The Morgan fingerprint density at radius 3 is 2.60 bits per heavy atom. The van der Waals surface area contributed by atoms with Crippen molar-refractivity contribution in [1.82, 2.24) is 0 Å². The van der Waals surface area contributed by atoms with Crippen LogP contribution in [0.4, 0.5) is 11.4 Å². The average molecular weight is 206 g/mol. The van der Waals surface area contributed by atoms with Crippen LogP contribution >= 0.6 is 0 Å². The molecular weight excluding hydrogens is 188 g/mol.